The molecule has 3 aromatic rings. The van der Waals surface area contributed by atoms with Crippen LogP contribution in [0.5, 0.6) is 23.0 Å². The van der Waals surface area contributed by atoms with Crippen molar-refractivity contribution >= 4 is 69.1 Å². The minimum atomic E-state index is -0.590. The third-order valence-electron chi connectivity index (χ3n) is 5.32. The Hall–Kier alpha value is -3.22. The van der Waals surface area contributed by atoms with E-state index in [0.717, 1.165) is 16.7 Å². The second-order valence-corrected chi connectivity index (χ2v) is 10.4. The van der Waals surface area contributed by atoms with E-state index in [9.17, 15) is 14.4 Å². The Kier molecular flexibility index (Phi) is 9.18. The number of methoxy groups -OCH3 is 2. The van der Waals surface area contributed by atoms with Gasteiger partial charge in [0, 0.05) is 5.02 Å². The largest absolute Gasteiger partial charge is 0.493 e. The number of halogens is 2. The molecule has 1 aliphatic rings. The predicted octanol–water partition coefficient (Wildman–Crippen LogP) is 6.30. The van der Waals surface area contributed by atoms with Gasteiger partial charge in [-0.2, -0.15) is 0 Å². The van der Waals surface area contributed by atoms with Gasteiger partial charge < -0.3 is 18.9 Å². The van der Waals surface area contributed by atoms with Crippen LogP contribution in [0.4, 0.5) is 4.79 Å². The van der Waals surface area contributed by atoms with E-state index in [1.54, 1.807) is 54.6 Å². The number of para-hydroxylation sites is 2. The molecular weight excluding hydrogens is 645 g/mol. The van der Waals surface area contributed by atoms with Crippen molar-refractivity contribution in [1.82, 2.24) is 4.90 Å². The highest BCUT2D eigenvalue weighted by molar-refractivity contribution is 14.1. The molecule has 0 aliphatic carbocycles. The molecule has 1 fully saturated rings. The molecule has 38 heavy (non-hydrogen) atoms. The van der Waals surface area contributed by atoms with Crippen molar-refractivity contribution in [2.75, 3.05) is 27.4 Å². The molecule has 0 saturated carbocycles. The smallest absolute Gasteiger partial charge is 0.343 e. The molecule has 2 amide bonds. The van der Waals surface area contributed by atoms with Crippen molar-refractivity contribution in [3.8, 4) is 23.0 Å². The Morgan fingerprint density at radius 2 is 1.74 bits per heavy atom. The number of amides is 2. The minimum Gasteiger partial charge on any atom is -0.493 e. The van der Waals surface area contributed by atoms with Gasteiger partial charge in [-0.25, -0.2) is 4.79 Å². The maximum Gasteiger partial charge on any atom is 0.343 e. The Bertz CT molecular complexity index is 1430. The van der Waals surface area contributed by atoms with E-state index in [2.05, 4.69) is 0 Å². The number of nitrogens with zero attached hydrogens (tertiary/aromatic N) is 1. The van der Waals surface area contributed by atoms with Gasteiger partial charge in [-0.1, -0.05) is 29.8 Å². The normalized spacial score (nSPS) is 14.1. The first-order valence-electron chi connectivity index (χ1n) is 11.2. The standard InChI is InChI=1S/C27H21ClINO7S/c1-34-20-8-3-4-9-21(20)36-11-10-30-25(31)23(38-27(30)33)14-16-12-19(29)24(22(13-16)35-2)37-26(32)17-6-5-7-18(28)15-17/h3-9,12-15H,10-11H2,1-2H3/b23-14-. The first-order chi connectivity index (χ1) is 18.3. The predicted molar refractivity (Wildman–Crippen MR) is 153 cm³/mol. The van der Waals surface area contributed by atoms with E-state index in [-0.39, 0.29) is 23.8 Å². The second kappa shape index (κ2) is 12.5. The summed E-state index contributed by atoms with van der Waals surface area (Å²) in [4.78, 5) is 39.5. The molecule has 0 bridgehead atoms. The fraction of sp³-hybridized carbons (Fsp3) is 0.148. The molecule has 11 heteroatoms. The zero-order chi connectivity index (χ0) is 27.2. The summed E-state index contributed by atoms with van der Waals surface area (Å²) in [5.74, 6) is 0.601. The lowest BCUT2D eigenvalue weighted by Crippen LogP contribution is -2.32. The molecule has 1 heterocycles. The van der Waals surface area contributed by atoms with E-state index in [0.29, 0.717) is 37.0 Å². The molecule has 0 N–H and O–H groups in total. The van der Waals surface area contributed by atoms with Gasteiger partial charge in [0.05, 0.1) is 34.8 Å². The molecule has 196 valence electrons. The first kappa shape index (κ1) is 27.8. The number of benzene rings is 3. The summed E-state index contributed by atoms with van der Waals surface area (Å²) < 4.78 is 22.5. The minimum absolute atomic E-state index is 0.0826. The lowest BCUT2D eigenvalue weighted by molar-refractivity contribution is -0.123. The number of esters is 1. The summed E-state index contributed by atoms with van der Waals surface area (Å²) in [6.45, 7) is 0.198. The number of hydrogen-bond acceptors (Lipinski definition) is 8. The topological polar surface area (TPSA) is 91.4 Å². The second-order valence-electron chi connectivity index (χ2n) is 7.77. The quantitative estimate of drug-likeness (QED) is 0.114. The highest BCUT2D eigenvalue weighted by atomic mass is 127. The van der Waals surface area contributed by atoms with Gasteiger partial charge in [-0.05, 0) is 88.5 Å². The van der Waals surface area contributed by atoms with Crippen LogP contribution in [0.2, 0.25) is 5.02 Å². The van der Waals surface area contributed by atoms with Crippen molar-refractivity contribution in [3.05, 3.63) is 85.3 Å². The fourth-order valence-electron chi connectivity index (χ4n) is 3.52. The lowest BCUT2D eigenvalue weighted by atomic mass is 10.1. The van der Waals surface area contributed by atoms with Crippen LogP contribution in [0, 0.1) is 3.57 Å². The molecule has 0 radical (unpaired) electrons. The molecule has 0 spiro atoms. The lowest BCUT2D eigenvalue weighted by Gasteiger charge is -2.14. The molecule has 0 atom stereocenters. The van der Waals surface area contributed by atoms with Crippen molar-refractivity contribution < 1.29 is 33.3 Å². The van der Waals surface area contributed by atoms with Gasteiger partial charge in [0.2, 0.25) is 0 Å². The van der Waals surface area contributed by atoms with Crippen molar-refractivity contribution in [3.63, 3.8) is 0 Å². The summed E-state index contributed by atoms with van der Waals surface area (Å²) in [7, 11) is 2.98. The molecule has 8 nitrogen and oxygen atoms in total. The highest BCUT2D eigenvalue weighted by Gasteiger charge is 2.35. The number of imide groups is 1. The Morgan fingerprint density at radius 1 is 1.00 bits per heavy atom. The Balaban J connectivity index is 1.47. The molecule has 0 unspecified atom stereocenters. The zero-order valence-corrected chi connectivity index (χ0v) is 24.0. The van der Waals surface area contributed by atoms with Crippen LogP contribution in [-0.2, 0) is 4.79 Å². The van der Waals surface area contributed by atoms with E-state index < -0.39 is 17.1 Å². The van der Waals surface area contributed by atoms with E-state index in [4.69, 9.17) is 30.5 Å². The van der Waals surface area contributed by atoms with E-state index in [1.807, 2.05) is 28.7 Å². The number of rotatable bonds is 9. The Morgan fingerprint density at radius 3 is 2.45 bits per heavy atom. The van der Waals surface area contributed by atoms with Crippen LogP contribution in [0.15, 0.2) is 65.6 Å². The van der Waals surface area contributed by atoms with Gasteiger partial charge in [-0.15, -0.1) is 0 Å². The van der Waals surface area contributed by atoms with Crippen LogP contribution in [0.3, 0.4) is 0 Å². The third-order valence-corrected chi connectivity index (χ3v) is 7.26. The van der Waals surface area contributed by atoms with Crippen LogP contribution >= 0.6 is 46.0 Å². The SMILES string of the molecule is COc1ccccc1OCCN1C(=O)S/C(=C\c2cc(I)c(OC(=O)c3cccc(Cl)c3)c(OC)c2)C1=O. The van der Waals surface area contributed by atoms with Crippen LogP contribution in [0.1, 0.15) is 15.9 Å². The number of carbonyl (C=O) groups is 3. The molecule has 4 rings (SSSR count). The number of hydrogen-bond donors (Lipinski definition) is 0. The monoisotopic (exact) mass is 665 g/mol. The zero-order valence-electron chi connectivity index (χ0n) is 20.2. The number of thioether (sulfide) groups is 1. The molecule has 0 aromatic heterocycles. The maximum absolute atomic E-state index is 12.9. The van der Waals surface area contributed by atoms with Gasteiger partial charge in [0.1, 0.15) is 6.61 Å². The fourth-order valence-corrected chi connectivity index (χ4v) is 5.31. The summed E-state index contributed by atoms with van der Waals surface area (Å²) in [6, 6.07) is 16.9. The summed E-state index contributed by atoms with van der Waals surface area (Å²) in [5, 5.41) is 0.0235. The van der Waals surface area contributed by atoms with Gasteiger partial charge in [0.15, 0.2) is 23.0 Å². The van der Waals surface area contributed by atoms with Gasteiger partial charge >= 0.3 is 5.97 Å². The Labute approximate surface area is 242 Å². The average molecular weight is 666 g/mol. The number of carbonyl (C=O) groups excluding carboxylic acids is 3. The summed E-state index contributed by atoms with van der Waals surface area (Å²) >= 11 is 8.83. The molecule has 1 saturated heterocycles. The molecular formula is C27H21ClINO7S. The third kappa shape index (κ3) is 6.43. The first-order valence-corrected chi connectivity index (χ1v) is 13.4. The van der Waals surface area contributed by atoms with Crippen molar-refractivity contribution in [2.24, 2.45) is 0 Å². The molecule has 3 aromatic carbocycles. The molecule has 1 aliphatic heterocycles. The van der Waals surface area contributed by atoms with Crippen molar-refractivity contribution in [1.29, 1.82) is 0 Å². The summed E-state index contributed by atoms with van der Waals surface area (Å²) in [5.41, 5.74) is 0.896. The highest BCUT2D eigenvalue weighted by Crippen LogP contribution is 2.38. The van der Waals surface area contributed by atoms with E-state index in [1.165, 1.54) is 20.3 Å². The van der Waals surface area contributed by atoms with Crippen LogP contribution in [-0.4, -0.2) is 49.4 Å². The van der Waals surface area contributed by atoms with Crippen LogP contribution < -0.4 is 18.9 Å². The van der Waals surface area contributed by atoms with Gasteiger partial charge in [0.25, 0.3) is 11.1 Å². The van der Waals surface area contributed by atoms with E-state index >= 15 is 0 Å². The van der Waals surface area contributed by atoms with Gasteiger partial charge in [-0.3, -0.25) is 14.5 Å². The maximum atomic E-state index is 12.9. The summed E-state index contributed by atoms with van der Waals surface area (Å²) in [6.07, 6.45) is 1.60. The average Bonchev–Trinajstić information content (AvgIpc) is 3.17. The number of ether oxygens (including phenoxy) is 4. The van der Waals surface area contributed by atoms with Crippen LogP contribution in [0.25, 0.3) is 6.08 Å². The van der Waals surface area contributed by atoms with Crippen molar-refractivity contribution in [2.45, 2.75) is 0 Å².